The van der Waals surface area contributed by atoms with E-state index in [1.54, 1.807) is 65.6 Å². The summed E-state index contributed by atoms with van der Waals surface area (Å²) in [6, 6.07) is 22.6. The Balaban J connectivity index is 1.80. The van der Waals surface area contributed by atoms with Crippen molar-refractivity contribution < 1.29 is 13.2 Å². The first kappa shape index (κ1) is 25.9. The Morgan fingerprint density at radius 3 is 2.00 bits per heavy atom. The molecule has 3 rings (SSSR count). The van der Waals surface area contributed by atoms with Gasteiger partial charge in [-0.15, -0.1) is 0 Å². The first-order chi connectivity index (χ1) is 16.6. The largest absolute Gasteiger partial charge is 0.333 e. The maximum Gasteiger partial charge on any atom is 0.264 e. The molecule has 182 valence electrons. The number of rotatable bonds is 9. The van der Waals surface area contributed by atoms with Crippen molar-refractivity contribution in [3.63, 3.8) is 0 Å². The standard InChI is InChI=1S/C27H30N4O3S/c1-21-5-15-26(16-6-21)35(33,34)30(4)25-13-11-24(12-14-25)27(32)31(18-17-29(2)3)20-23-9-7-22(19-28)8-10-23/h5-16H,17-18,20H2,1-4H3. The number of amides is 1. The molecule has 0 aliphatic rings. The van der Waals surface area contributed by atoms with Gasteiger partial charge in [0.15, 0.2) is 0 Å². The van der Waals surface area contributed by atoms with Crippen LogP contribution in [0.15, 0.2) is 77.7 Å². The highest BCUT2D eigenvalue weighted by atomic mass is 32.2. The van der Waals surface area contributed by atoms with Crippen molar-refractivity contribution in [3.8, 4) is 6.07 Å². The summed E-state index contributed by atoms with van der Waals surface area (Å²) in [4.78, 5) is 17.3. The van der Waals surface area contributed by atoms with Crippen molar-refractivity contribution in [2.75, 3.05) is 38.5 Å². The highest BCUT2D eigenvalue weighted by molar-refractivity contribution is 7.92. The molecule has 0 heterocycles. The predicted octanol–water partition coefficient (Wildman–Crippen LogP) is 3.90. The molecule has 3 aromatic carbocycles. The van der Waals surface area contributed by atoms with Crippen LogP contribution in [0, 0.1) is 18.3 Å². The molecule has 0 saturated carbocycles. The molecule has 0 aliphatic carbocycles. The normalized spacial score (nSPS) is 11.2. The Hall–Kier alpha value is -3.67. The second-order valence-corrected chi connectivity index (χ2v) is 10.6. The number of hydrogen-bond acceptors (Lipinski definition) is 5. The van der Waals surface area contributed by atoms with Crippen LogP contribution in [-0.2, 0) is 16.6 Å². The van der Waals surface area contributed by atoms with Gasteiger partial charge in [0.25, 0.3) is 15.9 Å². The average Bonchev–Trinajstić information content (AvgIpc) is 2.86. The zero-order chi connectivity index (χ0) is 25.6. The second-order valence-electron chi connectivity index (χ2n) is 8.67. The van der Waals surface area contributed by atoms with Gasteiger partial charge in [-0.2, -0.15) is 5.26 Å². The number of aryl methyl sites for hydroxylation is 1. The van der Waals surface area contributed by atoms with Gasteiger partial charge in [0.1, 0.15) is 0 Å². The molecule has 0 atom stereocenters. The van der Waals surface area contributed by atoms with E-state index in [9.17, 15) is 13.2 Å². The van der Waals surface area contributed by atoms with E-state index >= 15 is 0 Å². The lowest BCUT2D eigenvalue weighted by Crippen LogP contribution is -2.36. The number of likely N-dealkylation sites (N-methyl/N-ethyl adjacent to an activating group) is 1. The lowest BCUT2D eigenvalue weighted by atomic mass is 10.1. The number of sulfonamides is 1. The maximum atomic E-state index is 13.3. The van der Waals surface area contributed by atoms with Gasteiger partial charge in [-0.3, -0.25) is 9.10 Å². The Kier molecular flexibility index (Phi) is 8.28. The van der Waals surface area contributed by atoms with Crippen LogP contribution in [0.25, 0.3) is 0 Å². The summed E-state index contributed by atoms with van der Waals surface area (Å²) in [6.07, 6.45) is 0. The summed E-state index contributed by atoms with van der Waals surface area (Å²) < 4.78 is 27.2. The van der Waals surface area contributed by atoms with Crippen LogP contribution in [-0.4, -0.2) is 58.4 Å². The zero-order valence-electron chi connectivity index (χ0n) is 20.5. The third kappa shape index (κ3) is 6.47. The van der Waals surface area contributed by atoms with Gasteiger partial charge >= 0.3 is 0 Å². The highest BCUT2D eigenvalue weighted by Crippen LogP contribution is 2.23. The van der Waals surface area contributed by atoms with Gasteiger partial charge < -0.3 is 9.80 Å². The molecule has 0 radical (unpaired) electrons. The van der Waals surface area contributed by atoms with E-state index in [1.165, 1.54) is 11.4 Å². The van der Waals surface area contributed by atoms with E-state index in [0.29, 0.717) is 36.4 Å². The molecule has 0 saturated heterocycles. The van der Waals surface area contributed by atoms with Gasteiger partial charge in [-0.1, -0.05) is 29.8 Å². The number of benzene rings is 3. The molecule has 0 spiro atoms. The van der Waals surface area contributed by atoms with Gasteiger partial charge in [-0.05, 0) is 75.1 Å². The van der Waals surface area contributed by atoms with Crippen LogP contribution in [0.1, 0.15) is 27.0 Å². The van der Waals surface area contributed by atoms with E-state index in [-0.39, 0.29) is 10.8 Å². The molecule has 0 N–H and O–H groups in total. The van der Waals surface area contributed by atoms with Crippen molar-refractivity contribution in [2.45, 2.75) is 18.4 Å². The molecular weight excluding hydrogens is 460 g/mol. The van der Waals surface area contributed by atoms with Gasteiger partial charge in [0, 0.05) is 32.2 Å². The molecule has 0 aliphatic heterocycles. The third-order valence-electron chi connectivity index (χ3n) is 5.72. The molecule has 7 nitrogen and oxygen atoms in total. The van der Waals surface area contributed by atoms with Crippen LogP contribution in [0.2, 0.25) is 0 Å². The molecule has 0 bridgehead atoms. The Bertz CT molecular complexity index is 1290. The van der Waals surface area contributed by atoms with Crippen molar-refractivity contribution in [1.29, 1.82) is 5.26 Å². The summed E-state index contributed by atoms with van der Waals surface area (Å²) in [5.74, 6) is -0.146. The molecule has 35 heavy (non-hydrogen) atoms. The molecule has 3 aromatic rings. The molecule has 0 aromatic heterocycles. The first-order valence-corrected chi connectivity index (χ1v) is 12.6. The minimum Gasteiger partial charge on any atom is -0.333 e. The average molecular weight is 491 g/mol. The van der Waals surface area contributed by atoms with Crippen molar-refractivity contribution in [1.82, 2.24) is 9.80 Å². The monoisotopic (exact) mass is 490 g/mol. The minimum atomic E-state index is -3.71. The number of nitrogens with zero attached hydrogens (tertiary/aromatic N) is 4. The lowest BCUT2D eigenvalue weighted by molar-refractivity contribution is 0.0732. The Labute approximate surface area is 207 Å². The van der Waals surface area contributed by atoms with E-state index in [2.05, 4.69) is 6.07 Å². The van der Waals surface area contributed by atoms with Crippen LogP contribution < -0.4 is 4.31 Å². The van der Waals surface area contributed by atoms with E-state index in [1.807, 2.05) is 38.1 Å². The van der Waals surface area contributed by atoms with E-state index in [0.717, 1.165) is 11.1 Å². The maximum absolute atomic E-state index is 13.3. The fourth-order valence-corrected chi connectivity index (χ4v) is 4.68. The Morgan fingerprint density at radius 2 is 1.46 bits per heavy atom. The number of carbonyl (C=O) groups is 1. The van der Waals surface area contributed by atoms with Crippen LogP contribution >= 0.6 is 0 Å². The van der Waals surface area contributed by atoms with E-state index < -0.39 is 10.0 Å². The predicted molar refractivity (Wildman–Crippen MR) is 138 cm³/mol. The summed E-state index contributed by atoms with van der Waals surface area (Å²) >= 11 is 0. The van der Waals surface area contributed by atoms with Crippen LogP contribution in [0.4, 0.5) is 5.69 Å². The summed E-state index contributed by atoms with van der Waals surface area (Å²) in [6.45, 7) is 3.52. The molecule has 8 heteroatoms. The van der Waals surface area contributed by atoms with Gasteiger partial charge in [0.2, 0.25) is 0 Å². The third-order valence-corrected chi connectivity index (χ3v) is 7.52. The van der Waals surface area contributed by atoms with E-state index in [4.69, 9.17) is 5.26 Å². The summed E-state index contributed by atoms with van der Waals surface area (Å²) in [5, 5.41) is 9.02. The van der Waals surface area contributed by atoms with Crippen molar-refractivity contribution >= 4 is 21.6 Å². The first-order valence-electron chi connectivity index (χ1n) is 11.2. The molecule has 0 fully saturated rings. The second kappa shape index (κ2) is 11.2. The minimum absolute atomic E-state index is 0.146. The molecule has 1 amide bonds. The molecular formula is C27H30N4O3S. The van der Waals surface area contributed by atoms with Crippen LogP contribution in [0.3, 0.4) is 0 Å². The number of hydrogen-bond donors (Lipinski definition) is 0. The highest BCUT2D eigenvalue weighted by Gasteiger charge is 2.22. The van der Waals surface area contributed by atoms with Gasteiger partial charge in [0.05, 0.1) is 22.2 Å². The van der Waals surface area contributed by atoms with Crippen LogP contribution in [0.5, 0.6) is 0 Å². The number of nitriles is 1. The lowest BCUT2D eigenvalue weighted by Gasteiger charge is -2.25. The van der Waals surface area contributed by atoms with Crippen molar-refractivity contribution in [2.24, 2.45) is 0 Å². The number of anilines is 1. The smallest absolute Gasteiger partial charge is 0.264 e. The van der Waals surface area contributed by atoms with Crippen molar-refractivity contribution in [3.05, 3.63) is 95.1 Å². The topological polar surface area (TPSA) is 84.7 Å². The number of carbonyl (C=O) groups excluding carboxylic acids is 1. The summed E-state index contributed by atoms with van der Waals surface area (Å²) in [7, 11) is 1.68. The summed E-state index contributed by atoms with van der Waals surface area (Å²) in [5.41, 5.74) is 3.42. The quantitative estimate of drug-likeness (QED) is 0.454. The molecule has 0 unspecified atom stereocenters. The fourth-order valence-electron chi connectivity index (χ4n) is 3.48. The SMILES string of the molecule is Cc1ccc(S(=O)(=O)N(C)c2ccc(C(=O)N(CCN(C)C)Cc3ccc(C#N)cc3)cc2)cc1. The zero-order valence-corrected chi connectivity index (χ0v) is 21.3. The van der Waals surface area contributed by atoms with Gasteiger partial charge in [-0.25, -0.2) is 8.42 Å². The Morgan fingerprint density at radius 1 is 0.857 bits per heavy atom. The fraction of sp³-hybridized carbons (Fsp3) is 0.259.